The molecule has 0 bridgehead atoms. The molecule has 2 aromatic rings. The van der Waals surface area contributed by atoms with E-state index < -0.39 is 8.15 Å². The molecule has 1 aromatic heterocycles. The average Bonchev–Trinajstić information content (AvgIpc) is 3.21. The number of aryl methyl sites for hydroxylation is 3. The fourth-order valence-electron chi connectivity index (χ4n) is 4.74. The Kier molecular flexibility index (Phi) is 10.1. The lowest BCUT2D eigenvalue weighted by Gasteiger charge is -2.15. The molecule has 0 saturated heterocycles. The van der Waals surface area contributed by atoms with Gasteiger partial charge in [-0.2, -0.15) is 5.26 Å². The van der Waals surface area contributed by atoms with Crippen molar-refractivity contribution in [2.24, 2.45) is 0 Å². The number of furan rings is 1. The van der Waals surface area contributed by atoms with E-state index in [-0.39, 0.29) is 0 Å². The first-order valence-electron chi connectivity index (χ1n) is 12.5. The number of unbranched alkanes of at least 4 members (excludes halogenated alkanes) is 1. The van der Waals surface area contributed by atoms with Gasteiger partial charge in [-0.1, -0.05) is 38.1 Å². The SMILES string of the molecule is C=C(c1cc(C)c(CCCNCCP(C#N)OC)c(C)c1)c1c(CCCC)oc2c1=CCCC=2. The largest absolute Gasteiger partial charge is 0.461 e. The minimum absolute atomic E-state index is 0.782. The summed E-state index contributed by atoms with van der Waals surface area (Å²) in [6.07, 6.45) is 12.8. The van der Waals surface area contributed by atoms with Crippen molar-refractivity contribution in [3.05, 3.63) is 62.9 Å². The summed E-state index contributed by atoms with van der Waals surface area (Å²) in [5.41, 5.74) is 8.59. The fourth-order valence-corrected chi connectivity index (χ4v) is 5.46. The molecule has 0 aliphatic heterocycles. The van der Waals surface area contributed by atoms with Crippen LogP contribution >= 0.6 is 8.15 Å². The van der Waals surface area contributed by atoms with Crippen molar-refractivity contribution in [2.45, 2.75) is 65.7 Å². The molecular formula is C29H39N2O2P. The van der Waals surface area contributed by atoms with Crippen LogP contribution in [0.5, 0.6) is 0 Å². The Morgan fingerprint density at radius 3 is 2.56 bits per heavy atom. The first kappa shape index (κ1) is 26.4. The zero-order chi connectivity index (χ0) is 24.5. The summed E-state index contributed by atoms with van der Waals surface area (Å²) in [4.78, 5) is 0. The van der Waals surface area contributed by atoms with Crippen LogP contribution in [-0.2, 0) is 17.4 Å². The van der Waals surface area contributed by atoms with Crippen LogP contribution in [0.4, 0.5) is 0 Å². The van der Waals surface area contributed by atoms with Crippen molar-refractivity contribution in [2.75, 3.05) is 26.4 Å². The summed E-state index contributed by atoms with van der Waals surface area (Å²) in [7, 11) is 0.671. The molecule has 0 amide bonds. The number of hydrogen-bond acceptors (Lipinski definition) is 4. The smallest absolute Gasteiger partial charge is 0.137 e. The van der Waals surface area contributed by atoms with Gasteiger partial charge in [0.15, 0.2) is 0 Å². The predicted molar refractivity (Wildman–Crippen MR) is 144 cm³/mol. The molecule has 1 aliphatic carbocycles. The molecule has 0 spiro atoms. The highest BCUT2D eigenvalue weighted by Gasteiger charge is 2.18. The Balaban J connectivity index is 1.71. The van der Waals surface area contributed by atoms with Gasteiger partial charge in [-0.25, -0.2) is 0 Å². The average molecular weight is 479 g/mol. The first-order chi connectivity index (χ1) is 16.5. The highest BCUT2D eigenvalue weighted by Crippen LogP contribution is 2.32. The minimum atomic E-state index is -0.943. The van der Waals surface area contributed by atoms with Crippen molar-refractivity contribution < 1.29 is 8.94 Å². The highest BCUT2D eigenvalue weighted by molar-refractivity contribution is 7.57. The maximum Gasteiger partial charge on any atom is 0.137 e. The van der Waals surface area contributed by atoms with E-state index >= 15 is 0 Å². The lowest BCUT2D eigenvalue weighted by molar-refractivity contribution is 0.466. The third kappa shape index (κ3) is 6.48. The summed E-state index contributed by atoms with van der Waals surface area (Å²) < 4.78 is 11.5. The Morgan fingerprint density at radius 2 is 1.88 bits per heavy atom. The molecule has 1 aliphatic rings. The van der Waals surface area contributed by atoms with Crippen molar-refractivity contribution >= 4 is 25.9 Å². The van der Waals surface area contributed by atoms with Gasteiger partial charge in [-0.05, 0) is 86.4 Å². The standard InChI is InChI=1S/C29H39N2O2P/c1-6-7-13-28-29(26-11-8-9-14-27(26)33-28)23(4)24-18-21(2)25(22(3)19-24)12-10-15-31-16-17-34(20-30)32-5/h11,14,18-19,31H,4,6-10,12-13,15-17H2,1-3,5H3. The maximum atomic E-state index is 8.98. The van der Waals surface area contributed by atoms with Crippen molar-refractivity contribution in [1.82, 2.24) is 5.32 Å². The molecular weight excluding hydrogens is 439 g/mol. The Morgan fingerprint density at radius 1 is 1.15 bits per heavy atom. The first-order valence-corrected chi connectivity index (χ1v) is 14.0. The van der Waals surface area contributed by atoms with E-state index in [2.05, 4.69) is 62.8 Å². The van der Waals surface area contributed by atoms with Crippen LogP contribution in [0.1, 0.15) is 72.6 Å². The monoisotopic (exact) mass is 478 g/mol. The summed E-state index contributed by atoms with van der Waals surface area (Å²) in [5, 5.41) is 13.7. The molecule has 0 saturated carbocycles. The molecule has 1 heterocycles. The van der Waals surface area contributed by atoms with Gasteiger partial charge in [-0.3, -0.25) is 0 Å². The molecule has 1 atom stereocenters. The van der Waals surface area contributed by atoms with Crippen molar-refractivity contribution in [3.8, 4) is 5.81 Å². The highest BCUT2D eigenvalue weighted by atomic mass is 31.1. The molecule has 1 N–H and O–H groups in total. The zero-order valence-corrected chi connectivity index (χ0v) is 22.2. The molecule has 0 radical (unpaired) electrons. The molecule has 182 valence electrons. The lowest BCUT2D eigenvalue weighted by atomic mass is 9.90. The molecule has 1 aromatic carbocycles. The van der Waals surface area contributed by atoms with Gasteiger partial charge in [0.05, 0.1) is 0 Å². The number of nitriles is 1. The number of nitrogens with one attached hydrogen (secondary N) is 1. The van der Waals surface area contributed by atoms with E-state index in [1.165, 1.54) is 33.0 Å². The van der Waals surface area contributed by atoms with Gasteiger partial charge >= 0.3 is 0 Å². The van der Waals surface area contributed by atoms with Gasteiger partial charge in [0, 0.05) is 37.0 Å². The van der Waals surface area contributed by atoms with Crippen LogP contribution in [0.3, 0.4) is 0 Å². The second-order valence-electron chi connectivity index (χ2n) is 9.07. The number of nitrogens with zero attached hydrogens (tertiary/aromatic N) is 1. The van der Waals surface area contributed by atoms with Crippen LogP contribution in [-0.4, -0.2) is 26.4 Å². The van der Waals surface area contributed by atoms with Crippen LogP contribution in [0.15, 0.2) is 23.1 Å². The van der Waals surface area contributed by atoms with Crippen LogP contribution in [0.25, 0.3) is 17.7 Å². The van der Waals surface area contributed by atoms with Gasteiger partial charge < -0.3 is 14.3 Å². The molecule has 3 rings (SSSR count). The number of fused-ring (bicyclic) bond motifs is 1. The molecule has 1 unspecified atom stereocenters. The molecule has 4 nitrogen and oxygen atoms in total. The Bertz CT molecular complexity index is 1130. The number of rotatable bonds is 13. The van der Waals surface area contributed by atoms with Gasteiger partial charge in [0.1, 0.15) is 25.1 Å². The van der Waals surface area contributed by atoms with Crippen LogP contribution < -0.4 is 16.0 Å². The number of hydrogen-bond donors (Lipinski definition) is 1. The van der Waals surface area contributed by atoms with Gasteiger partial charge in [0.25, 0.3) is 0 Å². The Labute approximate surface area is 206 Å². The summed E-state index contributed by atoms with van der Waals surface area (Å²) in [5.74, 6) is 3.31. The normalized spacial score (nSPS) is 13.5. The van der Waals surface area contributed by atoms with E-state index in [9.17, 15) is 0 Å². The molecule has 0 fully saturated rings. The third-order valence-electron chi connectivity index (χ3n) is 6.60. The van der Waals surface area contributed by atoms with E-state index in [1.807, 2.05) is 0 Å². The summed E-state index contributed by atoms with van der Waals surface area (Å²) in [6.45, 7) is 13.0. The fraction of sp³-hybridized carbons (Fsp3) is 0.483. The predicted octanol–water partition coefficient (Wildman–Crippen LogP) is 5.70. The number of benzene rings is 1. The van der Waals surface area contributed by atoms with E-state index in [0.717, 1.165) is 80.9 Å². The van der Waals surface area contributed by atoms with E-state index in [4.69, 9.17) is 14.2 Å². The summed E-state index contributed by atoms with van der Waals surface area (Å²) in [6, 6.07) is 4.60. The van der Waals surface area contributed by atoms with E-state index in [1.54, 1.807) is 7.11 Å². The quantitative estimate of drug-likeness (QED) is 0.296. The molecule has 5 heteroatoms. The van der Waals surface area contributed by atoms with Gasteiger partial charge in [0.2, 0.25) is 0 Å². The van der Waals surface area contributed by atoms with Crippen molar-refractivity contribution in [1.29, 1.82) is 5.26 Å². The lowest BCUT2D eigenvalue weighted by Crippen LogP contribution is -2.25. The van der Waals surface area contributed by atoms with Crippen molar-refractivity contribution in [3.63, 3.8) is 0 Å². The van der Waals surface area contributed by atoms with Crippen LogP contribution in [0.2, 0.25) is 0 Å². The summed E-state index contributed by atoms with van der Waals surface area (Å²) >= 11 is 0. The third-order valence-corrected chi connectivity index (χ3v) is 7.89. The van der Waals surface area contributed by atoms with E-state index in [0.29, 0.717) is 0 Å². The second-order valence-corrected chi connectivity index (χ2v) is 10.8. The maximum absolute atomic E-state index is 8.98. The van der Waals surface area contributed by atoms with Crippen LogP contribution in [0, 0.1) is 24.9 Å². The minimum Gasteiger partial charge on any atom is -0.461 e. The zero-order valence-electron chi connectivity index (χ0n) is 21.3. The Hall–Kier alpha value is -2.18. The molecule has 34 heavy (non-hydrogen) atoms. The second kappa shape index (κ2) is 13.1. The van der Waals surface area contributed by atoms with Gasteiger partial charge in [-0.15, -0.1) is 0 Å². The topological polar surface area (TPSA) is 58.2 Å².